The van der Waals surface area contributed by atoms with E-state index < -0.39 is 0 Å². The predicted molar refractivity (Wildman–Crippen MR) is 82.5 cm³/mol. The van der Waals surface area contributed by atoms with Crippen LogP contribution in [-0.4, -0.2) is 29.2 Å². The minimum Gasteiger partial charge on any atom is -0.350 e. The molecule has 6 heteroatoms. The fourth-order valence-electron chi connectivity index (χ4n) is 2.50. The first-order chi connectivity index (χ1) is 9.84. The number of nitrogens with zero attached hydrogens (tertiary/aromatic N) is 2. The molecule has 1 unspecified atom stereocenters. The van der Waals surface area contributed by atoms with Crippen molar-refractivity contribution in [3.8, 4) is 0 Å². The first kappa shape index (κ1) is 15.4. The third-order valence-corrected chi connectivity index (χ3v) is 3.53. The molecule has 0 radical (unpaired) electrons. The lowest BCUT2D eigenvalue weighted by Gasteiger charge is -2.27. The summed E-state index contributed by atoms with van der Waals surface area (Å²) in [6.45, 7) is 1.51. The molecule has 0 spiro atoms. The summed E-state index contributed by atoms with van der Waals surface area (Å²) in [4.78, 5) is 12.0. The summed E-state index contributed by atoms with van der Waals surface area (Å²) in [5, 5.41) is 13.8. The number of benzene rings is 1. The lowest BCUT2D eigenvalue weighted by Crippen LogP contribution is -2.38. The van der Waals surface area contributed by atoms with Gasteiger partial charge in [-0.2, -0.15) is 10.2 Å². The molecule has 2 N–H and O–H groups in total. The van der Waals surface area contributed by atoms with E-state index in [9.17, 15) is 4.79 Å². The highest BCUT2D eigenvalue weighted by Gasteiger charge is 2.19. The number of aromatic nitrogens is 2. The Kier molecular flexibility index (Phi) is 5.25. The largest absolute Gasteiger partial charge is 0.350 e. The van der Waals surface area contributed by atoms with E-state index in [2.05, 4.69) is 39.0 Å². The summed E-state index contributed by atoms with van der Waals surface area (Å²) in [7, 11) is 0. The SMILES string of the molecule is Cl.O=C(NCC1NCCc2ccccc21)c1ccnnc1. The second kappa shape index (κ2) is 7.15. The fraction of sp³-hybridized carbons (Fsp3) is 0.267. The number of carbonyl (C=O) groups is 1. The van der Waals surface area contributed by atoms with Crippen molar-refractivity contribution < 1.29 is 4.79 Å². The Hall–Kier alpha value is -1.98. The summed E-state index contributed by atoms with van der Waals surface area (Å²) in [6.07, 6.45) is 4.02. The molecule has 3 rings (SSSR count). The number of fused-ring (bicyclic) bond motifs is 1. The van der Waals surface area contributed by atoms with E-state index in [-0.39, 0.29) is 24.4 Å². The van der Waals surface area contributed by atoms with E-state index in [1.54, 1.807) is 6.07 Å². The van der Waals surface area contributed by atoms with E-state index in [1.165, 1.54) is 23.5 Å². The molecule has 0 bridgehead atoms. The Labute approximate surface area is 129 Å². The van der Waals surface area contributed by atoms with Crippen molar-refractivity contribution >= 4 is 18.3 Å². The van der Waals surface area contributed by atoms with E-state index in [1.807, 2.05) is 6.07 Å². The maximum Gasteiger partial charge on any atom is 0.253 e. The van der Waals surface area contributed by atoms with Gasteiger partial charge in [-0.05, 0) is 30.2 Å². The number of amides is 1. The normalized spacial score (nSPS) is 16.5. The van der Waals surface area contributed by atoms with Crippen LogP contribution in [-0.2, 0) is 6.42 Å². The van der Waals surface area contributed by atoms with Gasteiger partial charge in [0.2, 0.25) is 0 Å². The molecule has 0 saturated carbocycles. The summed E-state index contributed by atoms with van der Waals surface area (Å²) in [5.41, 5.74) is 3.16. The van der Waals surface area contributed by atoms with Crippen LogP contribution in [0.2, 0.25) is 0 Å². The highest BCUT2D eigenvalue weighted by Crippen LogP contribution is 2.21. The zero-order valence-electron chi connectivity index (χ0n) is 11.5. The Balaban J connectivity index is 0.00000161. The van der Waals surface area contributed by atoms with Gasteiger partial charge >= 0.3 is 0 Å². The molecule has 1 atom stereocenters. The Morgan fingerprint density at radius 2 is 2.14 bits per heavy atom. The molecule has 0 aliphatic carbocycles. The number of rotatable bonds is 3. The van der Waals surface area contributed by atoms with Gasteiger partial charge in [-0.1, -0.05) is 24.3 Å². The average Bonchev–Trinajstić information content (AvgIpc) is 2.53. The van der Waals surface area contributed by atoms with Gasteiger partial charge in [0.1, 0.15) is 0 Å². The average molecular weight is 305 g/mol. The van der Waals surface area contributed by atoms with E-state index in [0.29, 0.717) is 12.1 Å². The van der Waals surface area contributed by atoms with Crippen molar-refractivity contribution in [2.24, 2.45) is 0 Å². The molecule has 0 saturated heterocycles. The Morgan fingerprint density at radius 1 is 1.29 bits per heavy atom. The number of carbonyl (C=O) groups excluding carboxylic acids is 1. The second-order valence-corrected chi connectivity index (χ2v) is 4.80. The standard InChI is InChI=1S/C15H16N4O.ClH/c20-15(12-6-8-18-19-9-12)17-10-14-13-4-2-1-3-11(13)5-7-16-14;/h1-4,6,8-9,14,16H,5,7,10H2,(H,17,20);1H. The Bertz CT molecular complexity index is 606. The molecule has 2 heterocycles. The van der Waals surface area contributed by atoms with Crippen molar-refractivity contribution in [3.63, 3.8) is 0 Å². The quantitative estimate of drug-likeness (QED) is 0.902. The summed E-state index contributed by atoms with van der Waals surface area (Å²) >= 11 is 0. The topological polar surface area (TPSA) is 66.9 Å². The molecule has 21 heavy (non-hydrogen) atoms. The lowest BCUT2D eigenvalue weighted by molar-refractivity contribution is 0.0948. The summed E-state index contributed by atoms with van der Waals surface area (Å²) in [6, 6.07) is 10.2. The van der Waals surface area contributed by atoms with Crippen LogP contribution < -0.4 is 10.6 Å². The highest BCUT2D eigenvalue weighted by atomic mass is 35.5. The molecule has 0 fully saturated rings. The van der Waals surface area contributed by atoms with Gasteiger partial charge in [-0.15, -0.1) is 12.4 Å². The minimum atomic E-state index is -0.121. The van der Waals surface area contributed by atoms with Crippen LogP contribution in [0.3, 0.4) is 0 Å². The molecular weight excluding hydrogens is 288 g/mol. The molecule has 1 amide bonds. The fourth-order valence-corrected chi connectivity index (χ4v) is 2.50. The van der Waals surface area contributed by atoms with Gasteiger partial charge < -0.3 is 10.6 Å². The zero-order valence-corrected chi connectivity index (χ0v) is 12.3. The first-order valence-corrected chi connectivity index (χ1v) is 6.70. The monoisotopic (exact) mass is 304 g/mol. The van der Waals surface area contributed by atoms with Crippen LogP contribution in [0.15, 0.2) is 42.7 Å². The second-order valence-electron chi connectivity index (χ2n) is 4.80. The van der Waals surface area contributed by atoms with Crippen LogP contribution in [0.1, 0.15) is 27.5 Å². The zero-order chi connectivity index (χ0) is 13.8. The van der Waals surface area contributed by atoms with Gasteiger partial charge in [-0.25, -0.2) is 0 Å². The molecule has 1 aromatic carbocycles. The van der Waals surface area contributed by atoms with Gasteiger partial charge in [-0.3, -0.25) is 4.79 Å². The number of hydrogen-bond acceptors (Lipinski definition) is 4. The van der Waals surface area contributed by atoms with E-state index in [0.717, 1.165) is 13.0 Å². The minimum absolute atomic E-state index is 0. The van der Waals surface area contributed by atoms with Crippen LogP contribution in [0, 0.1) is 0 Å². The third-order valence-electron chi connectivity index (χ3n) is 3.53. The van der Waals surface area contributed by atoms with Crippen molar-refractivity contribution in [1.29, 1.82) is 0 Å². The maximum atomic E-state index is 12.0. The first-order valence-electron chi connectivity index (χ1n) is 6.70. The van der Waals surface area contributed by atoms with Crippen molar-refractivity contribution in [2.75, 3.05) is 13.1 Å². The van der Waals surface area contributed by atoms with E-state index in [4.69, 9.17) is 0 Å². The van der Waals surface area contributed by atoms with Gasteiger partial charge in [0.05, 0.1) is 18.0 Å². The van der Waals surface area contributed by atoms with Crippen LogP contribution in [0.25, 0.3) is 0 Å². The van der Waals surface area contributed by atoms with Gasteiger partial charge in [0.15, 0.2) is 0 Å². The third kappa shape index (κ3) is 3.56. The highest BCUT2D eigenvalue weighted by molar-refractivity contribution is 5.93. The smallest absolute Gasteiger partial charge is 0.253 e. The maximum absolute atomic E-state index is 12.0. The lowest BCUT2D eigenvalue weighted by atomic mass is 9.94. The molecule has 1 aliphatic rings. The predicted octanol–water partition coefficient (Wildman–Crippen LogP) is 1.52. The molecule has 5 nitrogen and oxygen atoms in total. The number of halogens is 1. The van der Waals surface area contributed by atoms with Crippen LogP contribution in [0.4, 0.5) is 0 Å². The number of hydrogen-bond donors (Lipinski definition) is 2. The Morgan fingerprint density at radius 3 is 2.95 bits per heavy atom. The summed E-state index contributed by atoms with van der Waals surface area (Å²) in [5.74, 6) is -0.121. The van der Waals surface area contributed by atoms with Gasteiger partial charge in [0, 0.05) is 12.6 Å². The van der Waals surface area contributed by atoms with Crippen molar-refractivity contribution in [2.45, 2.75) is 12.5 Å². The van der Waals surface area contributed by atoms with E-state index >= 15 is 0 Å². The molecule has 1 aliphatic heterocycles. The van der Waals surface area contributed by atoms with Crippen LogP contribution in [0.5, 0.6) is 0 Å². The molecule has 110 valence electrons. The number of nitrogens with one attached hydrogen (secondary N) is 2. The van der Waals surface area contributed by atoms with Crippen LogP contribution >= 0.6 is 12.4 Å². The van der Waals surface area contributed by atoms with Gasteiger partial charge in [0.25, 0.3) is 5.91 Å². The molecular formula is C15H17ClN4O. The summed E-state index contributed by atoms with van der Waals surface area (Å²) < 4.78 is 0. The van der Waals surface area contributed by atoms with Crippen molar-refractivity contribution in [1.82, 2.24) is 20.8 Å². The molecule has 1 aromatic heterocycles. The van der Waals surface area contributed by atoms with Crippen molar-refractivity contribution in [3.05, 3.63) is 59.4 Å². The molecule has 2 aromatic rings.